The molecule has 2 aromatic heterocycles. The highest BCUT2D eigenvalue weighted by atomic mass is 32.1. The Balaban J connectivity index is 1.38. The predicted octanol–water partition coefficient (Wildman–Crippen LogP) is 10.8. The van der Waals surface area contributed by atoms with Crippen molar-refractivity contribution >= 4 is 53.4 Å². The van der Waals surface area contributed by atoms with Crippen LogP contribution in [0.1, 0.15) is 5.56 Å². The summed E-state index contributed by atoms with van der Waals surface area (Å²) in [4.78, 5) is 0. The summed E-state index contributed by atoms with van der Waals surface area (Å²) >= 11 is 1.82. The van der Waals surface area contributed by atoms with Gasteiger partial charge in [0.15, 0.2) is 0 Å². The minimum absolute atomic E-state index is 0.661. The van der Waals surface area contributed by atoms with Crippen LogP contribution in [0.3, 0.4) is 0 Å². The molecule has 2 heterocycles. The fourth-order valence-electron chi connectivity index (χ4n) is 5.80. The van der Waals surface area contributed by atoms with E-state index in [1.165, 1.54) is 20.2 Å². The van der Waals surface area contributed by atoms with Gasteiger partial charge in [-0.25, -0.2) is 0 Å². The smallest absolute Gasteiger partial charge is 0.136 e. The lowest BCUT2D eigenvalue weighted by atomic mass is 9.88. The van der Waals surface area contributed by atoms with Crippen LogP contribution >= 0.6 is 11.3 Å². The highest BCUT2D eigenvalue weighted by molar-refractivity contribution is 7.25. The summed E-state index contributed by atoms with van der Waals surface area (Å²) in [6.07, 6.45) is 0. The summed E-state index contributed by atoms with van der Waals surface area (Å²) in [5, 5.41) is 15.2. The van der Waals surface area contributed by atoms with Gasteiger partial charge in [-0.3, -0.25) is 0 Å². The number of benzene rings is 6. The molecular weight excluding hydrogens is 506 g/mol. The highest BCUT2D eigenvalue weighted by Gasteiger charge is 2.17. The van der Waals surface area contributed by atoms with Gasteiger partial charge < -0.3 is 4.42 Å². The summed E-state index contributed by atoms with van der Waals surface area (Å²) in [5.74, 6) is 0. The van der Waals surface area contributed by atoms with Crippen LogP contribution in [0.4, 0.5) is 0 Å². The van der Waals surface area contributed by atoms with E-state index in [4.69, 9.17) is 4.42 Å². The van der Waals surface area contributed by atoms with Crippen molar-refractivity contribution in [2.75, 3.05) is 0 Å². The molecule has 40 heavy (non-hydrogen) atoms. The van der Waals surface area contributed by atoms with Crippen molar-refractivity contribution in [3.8, 4) is 39.4 Å². The predicted molar refractivity (Wildman–Crippen MR) is 168 cm³/mol. The van der Waals surface area contributed by atoms with Gasteiger partial charge in [-0.05, 0) is 64.7 Å². The number of nitrogens with zero attached hydrogens (tertiary/aromatic N) is 1. The van der Waals surface area contributed by atoms with Gasteiger partial charge in [0.25, 0.3) is 0 Å². The highest BCUT2D eigenvalue weighted by Crippen LogP contribution is 2.41. The van der Waals surface area contributed by atoms with E-state index in [-0.39, 0.29) is 0 Å². The first-order chi connectivity index (χ1) is 19.8. The van der Waals surface area contributed by atoms with Gasteiger partial charge in [0.1, 0.15) is 17.2 Å². The van der Waals surface area contributed by atoms with E-state index in [1.54, 1.807) is 0 Å². The molecule has 0 saturated heterocycles. The van der Waals surface area contributed by atoms with Gasteiger partial charge in [0, 0.05) is 42.1 Å². The lowest BCUT2D eigenvalue weighted by molar-refractivity contribution is 0.669. The summed E-state index contributed by atoms with van der Waals surface area (Å²) in [7, 11) is 0. The first kappa shape index (κ1) is 22.8. The largest absolute Gasteiger partial charge is 0.456 e. The number of fused-ring (bicyclic) bond motifs is 6. The maximum Gasteiger partial charge on any atom is 0.136 e. The molecule has 0 saturated carbocycles. The number of rotatable bonds is 3. The molecule has 0 unspecified atom stereocenters. The average molecular weight is 528 g/mol. The molecule has 0 radical (unpaired) electrons. The fourth-order valence-corrected chi connectivity index (χ4v) is 6.95. The molecule has 3 heteroatoms. The Labute approximate surface area is 235 Å². The molecule has 0 bridgehead atoms. The molecule has 0 aliphatic heterocycles. The van der Waals surface area contributed by atoms with Crippen LogP contribution in [-0.4, -0.2) is 0 Å². The van der Waals surface area contributed by atoms with E-state index in [9.17, 15) is 5.26 Å². The molecule has 186 valence electrons. The fraction of sp³-hybridized carbons (Fsp3) is 0. The Morgan fingerprint density at radius 1 is 0.475 bits per heavy atom. The first-order valence-electron chi connectivity index (χ1n) is 13.2. The van der Waals surface area contributed by atoms with Crippen LogP contribution in [0.25, 0.3) is 75.5 Å². The molecule has 0 N–H and O–H groups in total. The maximum absolute atomic E-state index is 10.5. The topological polar surface area (TPSA) is 36.9 Å². The van der Waals surface area contributed by atoms with Crippen molar-refractivity contribution in [3.05, 3.63) is 133 Å². The molecule has 8 rings (SSSR count). The Morgan fingerprint density at radius 2 is 1.12 bits per heavy atom. The second kappa shape index (κ2) is 8.95. The van der Waals surface area contributed by atoms with Crippen molar-refractivity contribution in [2.24, 2.45) is 0 Å². The van der Waals surface area contributed by atoms with E-state index < -0.39 is 0 Å². The van der Waals surface area contributed by atoms with E-state index >= 15 is 0 Å². The van der Waals surface area contributed by atoms with E-state index in [0.717, 1.165) is 55.3 Å². The summed E-state index contributed by atoms with van der Waals surface area (Å²) in [6.45, 7) is 0. The maximum atomic E-state index is 10.5. The van der Waals surface area contributed by atoms with Gasteiger partial charge in [0.2, 0.25) is 0 Å². The molecule has 0 spiro atoms. The molecular formula is C37H21NOS. The van der Waals surface area contributed by atoms with Crippen LogP contribution in [0.15, 0.2) is 132 Å². The number of para-hydroxylation sites is 1. The first-order valence-corrected chi connectivity index (χ1v) is 14.1. The van der Waals surface area contributed by atoms with Gasteiger partial charge in [-0.1, -0.05) is 84.9 Å². The van der Waals surface area contributed by atoms with E-state index in [1.807, 2.05) is 47.7 Å². The third kappa shape index (κ3) is 3.55. The number of hydrogen-bond donors (Lipinski definition) is 0. The summed E-state index contributed by atoms with van der Waals surface area (Å²) in [6, 6.07) is 46.7. The van der Waals surface area contributed by atoms with Crippen molar-refractivity contribution in [1.29, 1.82) is 5.26 Å². The molecule has 0 fully saturated rings. The second-order valence-corrected chi connectivity index (χ2v) is 11.1. The van der Waals surface area contributed by atoms with Crippen LogP contribution in [0, 0.1) is 11.3 Å². The second-order valence-electron chi connectivity index (χ2n) is 10.0. The van der Waals surface area contributed by atoms with Gasteiger partial charge in [-0.15, -0.1) is 11.3 Å². The Kier molecular flexibility index (Phi) is 5.10. The lowest BCUT2D eigenvalue weighted by Gasteiger charge is -2.14. The molecule has 6 aromatic carbocycles. The zero-order valence-electron chi connectivity index (χ0n) is 21.4. The lowest BCUT2D eigenvalue weighted by Crippen LogP contribution is -1.93. The normalized spacial score (nSPS) is 11.5. The third-order valence-corrected chi connectivity index (χ3v) is 8.87. The van der Waals surface area contributed by atoms with Crippen LogP contribution in [0.5, 0.6) is 0 Å². The van der Waals surface area contributed by atoms with Gasteiger partial charge in [-0.2, -0.15) is 5.26 Å². The Hall–Kier alpha value is -5.17. The zero-order chi connectivity index (χ0) is 26.6. The third-order valence-electron chi connectivity index (χ3n) is 7.74. The zero-order valence-corrected chi connectivity index (χ0v) is 22.2. The number of thiophene rings is 1. The quantitative estimate of drug-likeness (QED) is 0.229. The van der Waals surface area contributed by atoms with E-state index in [2.05, 4.69) is 97.1 Å². The molecule has 0 aliphatic carbocycles. The Bertz CT molecular complexity index is 2280. The molecule has 2 nitrogen and oxygen atoms in total. The molecule has 0 atom stereocenters. The minimum atomic E-state index is 0.661. The SMILES string of the molecule is N#Cc1c(-c2ccccc2)cc(-c2ccc3c(c2)sc2ccccc23)cc1-c1ccc2c(c1)oc1ccccc12. The van der Waals surface area contributed by atoms with Gasteiger partial charge >= 0.3 is 0 Å². The minimum Gasteiger partial charge on any atom is -0.456 e. The van der Waals surface area contributed by atoms with Crippen LogP contribution < -0.4 is 0 Å². The molecule has 8 aromatic rings. The number of nitriles is 1. The molecule has 0 amide bonds. The van der Waals surface area contributed by atoms with Crippen molar-refractivity contribution in [3.63, 3.8) is 0 Å². The van der Waals surface area contributed by atoms with Crippen molar-refractivity contribution in [2.45, 2.75) is 0 Å². The Morgan fingerprint density at radius 3 is 1.98 bits per heavy atom. The number of furan rings is 1. The molecule has 0 aliphatic rings. The van der Waals surface area contributed by atoms with Gasteiger partial charge in [0.05, 0.1) is 5.56 Å². The van der Waals surface area contributed by atoms with E-state index in [0.29, 0.717) is 5.56 Å². The average Bonchev–Trinajstić information content (AvgIpc) is 3.58. The monoisotopic (exact) mass is 527 g/mol. The number of hydrogen-bond acceptors (Lipinski definition) is 3. The van der Waals surface area contributed by atoms with Crippen LogP contribution in [-0.2, 0) is 0 Å². The summed E-state index contributed by atoms with van der Waals surface area (Å²) in [5.41, 5.74) is 8.37. The standard InChI is InChI=1S/C37H21NOS/c38-22-33-31(23-8-2-1-3-9-23)18-26(24-14-17-30-29-11-5-7-13-36(29)40-37(30)21-24)19-32(33)25-15-16-28-27-10-4-6-12-34(27)39-35(28)20-25/h1-21H. The van der Waals surface area contributed by atoms with Crippen LogP contribution in [0.2, 0.25) is 0 Å². The van der Waals surface area contributed by atoms with Crippen molar-refractivity contribution < 1.29 is 4.42 Å². The van der Waals surface area contributed by atoms with Crippen molar-refractivity contribution in [1.82, 2.24) is 0 Å². The summed E-state index contributed by atoms with van der Waals surface area (Å²) < 4.78 is 8.76.